The molecule has 12 aromatic rings. The Bertz CT molecular complexity index is 3730. The molecule has 0 amide bonds. The molecule has 5 heteroatoms. The van der Waals surface area contributed by atoms with Crippen molar-refractivity contribution < 1.29 is 0 Å². The molecule has 308 valence electrons. The molecule has 0 N–H and O–H groups in total. The Balaban J connectivity index is 1.05. The van der Waals surface area contributed by atoms with E-state index in [0.29, 0.717) is 0 Å². The number of hydrogen-bond acceptors (Lipinski definition) is 2. The van der Waals surface area contributed by atoms with Gasteiger partial charge in [-0.3, -0.25) is 9.13 Å². The molecule has 1 aliphatic carbocycles. The van der Waals surface area contributed by atoms with E-state index in [9.17, 15) is 0 Å². The van der Waals surface area contributed by atoms with Gasteiger partial charge in [0.25, 0.3) is 0 Å². The van der Waals surface area contributed by atoms with Gasteiger partial charge in [-0.1, -0.05) is 147 Å². The summed E-state index contributed by atoms with van der Waals surface area (Å²) in [6.07, 6.45) is 0. The fraction of sp³-hybridized carbons (Fsp3) is 0.0500. The van der Waals surface area contributed by atoms with Crippen LogP contribution in [0.15, 0.2) is 224 Å². The van der Waals surface area contributed by atoms with Crippen molar-refractivity contribution >= 4 is 60.9 Å². The molecule has 0 saturated carbocycles. The van der Waals surface area contributed by atoms with Crippen LogP contribution in [0.25, 0.3) is 83.4 Å². The number of para-hydroxylation sites is 5. The molecule has 5 nitrogen and oxygen atoms in total. The van der Waals surface area contributed by atoms with Gasteiger partial charge < -0.3 is 9.47 Å². The van der Waals surface area contributed by atoms with Crippen molar-refractivity contribution in [3.63, 3.8) is 0 Å². The molecule has 3 aromatic heterocycles. The molecule has 65 heavy (non-hydrogen) atoms. The maximum atomic E-state index is 5.57. The Kier molecular flexibility index (Phi) is 8.18. The molecular formula is C60H43N5. The van der Waals surface area contributed by atoms with Crippen LogP contribution >= 0.6 is 0 Å². The normalized spacial score (nSPS) is 12.9. The summed E-state index contributed by atoms with van der Waals surface area (Å²) in [4.78, 5) is 7.93. The van der Waals surface area contributed by atoms with Gasteiger partial charge in [0.1, 0.15) is 11.3 Å². The third-order valence-electron chi connectivity index (χ3n) is 13.6. The van der Waals surface area contributed by atoms with E-state index in [-0.39, 0.29) is 5.41 Å². The van der Waals surface area contributed by atoms with E-state index in [4.69, 9.17) is 4.98 Å². The van der Waals surface area contributed by atoms with Crippen LogP contribution in [0.3, 0.4) is 0 Å². The Morgan fingerprint density at radius 1 is 0.400 bits per heavy atom. The second kappa shape index (κ2) is 14.3. The summed E-state index contributed by atoms with van der Waals surface area (Å²) in [6, 6.07) is 81.0. The van der Waals surface area contributed by atoms with Gasteiger partial charge in [-0.25, -0.2) is 4.98 Å². The molecule has 0 bridgehead atoms. The number of fused-ring (bicyclic) bond motifs is 10. The van der Waals surface area contributed by atoms with Crippen LogP contribution in [0.2, 0.25) is 0 Å². The summed E-state index contributed by atoms with van der Waals surface area (Å²) in [5.41, 5.74) is 18.2. The predicted octanol–water partition coefficient (Wildman–Crippen LogP) is 15.5. The number of benzene rings is 9. The van der Waals surface area contributed by atoms with E-state index >= 15 is 0 Å². The molecular weight excluding hydrogens is 791 g/mol. The van der Waals surface area contributed by atoms with Crippen molar-refractivity contribution in [3.05, 3.63) is 236 Å². The van der Waals surface area contributed by atoms with Crippen molar-refractivity contribution in [1.29, 1.82) is 0 Å². The van der Waals surface area contributed by atoms with Crippen LogP contribution in [0.4, 0.5) is 17.1 Å². The lowest BCUT2D eigenvalue weighted by Crippen LogP contribution is -2.17. The molecule has 13 rings (SSSR count). The van der Waals surface area contributed by atoms with Gasteiger partial charge in [-0.2, -0.15) is 0 Å². The lowest BCUT2D eigenvalue weighted by Gasteiger charge is -2.28. The zero-order valence-corrected chi connectivity index (χ0v) is 36.1. The van der Waals surface area contributed by atoms with Crippen molar-refractivity contribution in [2.75, 3.05) is 4.90 Å². The van der Waals surface area contributed by atoms with Crippen LogP contribution in [0, 0.1) is 0 Å². The number of anilines is 3. The topological polar surface area (TPSA) is 30.9 Å². The Labute approximate surface area is 377 Å². The van der Waals surface area contributed by atoms with Gasteiger partial charge in [0.2, 0.25) is 0 Å². The second-order valence-electron chi connectivity index (χ2n) is 17.6. The maximum absolute atomic E-state index is 5.57. The molecule has 9 aromatic carbocycles. The predicted molar refractivity (Wildman–Crippen MR) is 270 cm³/mol. The number of nitrogens with zero attached hydrogens (tertiary/aromatic N) is 5. The summed E-state index contributed by atoms with van der Waals surface area (Å²) < 4.78 is 7.20. The largest absolute Gasteiger partial charge is 0.310 e. The molecule has 0 spiro atoms. The molecule has 0 atom stereocenters. The molecule has 0 saturated heterocycles. The molecule has 0 fully saturated rings. The molecule has 0 unspecified atom stereocenters. The maximum Gasteiger partial charge on any atom is 0.165 e. The first-order chi connectivity index (χ1) is 32.0. The van der Waals surface area contributed by atoms with Crippen LogP contribution in [-0.2, 0) is 5.41 Å². The average Bonchev–Trinajstić information content (AvgIpc) is 4.07. The third kappa shape index (κ3) is 5.55. The fourth-order valence-corrected chi connectivity index (χ4v) is 10.7. The van der Waals surface area contributed by atoms with Crippen molar-refractivity contribution in [2.45, 2.75) is 19.3 Å². The minimum atomic E-state index is -0.253. The highest BCUT2D eigenvalue weighted by Gasteiger charge is 2.37. The standard InChI is InChI=1S/C60H43N5/c1-60(2)50-38-45(62(41-22-10-4-11-23-41)42-24-12-5-13-25-42)32-34-47(50)48-35-33-46(39-51(48)60)63-52-31-19-18-30-49(52)55-53(63)36-37-54-56(55)57-59(64(54)43-26-14-6-15-27-43)61-58(40-20-8-3-9-21-40)65(57)44-28-16-7-17-29-44/h3-39H,1-2H3. The Morgan fingerprint density at radius 2 is 0.923 bits per heavy atom. The monoisotopic (exact) mass is 833 g/mol. The van der Waals surface area contributed by atoms with E-state index in [1.165, 1.54) is 43.9 Å². The van der Waals surface area contributed by atoms with Gasteiger partial charge in [-0.05, 0) is 113 Å². The molecule has 1 aliphatic rings. The lowest BCUT2D eigenvalue weighted by atomic mass is 9.82. The van der Waals surface area contributed by atoms with E-state index in [2.05, 4.69) is 257 Å². The van der Waals surface area contributed by atoms with E-state index in [0.717, 1.165) is 67.7 Å². The minimum absolute atomic E-state index is 0.253. The number of aromatic nitrogens is 4. The second-order valence-corrected chi connectivity index (χ2v) is 17.6. The highest BCUT2D eigenvalue weighted by atomic mass is 15.2. The summed E-state index contributed by atoms with van der Waals surface area (Å²) in [5.74, 6) is 0.911. The third-order valence-corrected chi connectivity index (χ3v) is 13.6. The van der Waals surface area contributed by atoms with Crippen LogP contribution in [-0.4, -0.2) is 18.7 Å². The van der Waals surface area contributed by atoms with Crippen molar-refractivity contribution in [3.8, 4) is 39.6 Å². The van der Waals surface area contributed by atoms with Crippen LogP contribution in [0.5, 0.6) is 0 Å². The summed E-state index contributed by atoms with van der Waals surface area (Å²) >= 11 is 0. The highest BCUT2D eigenvalue weighted by Crippen LogP contribution is 2.52. The number of rotatable bonds is 7. The summed E-state index contributed by atoms with van der Waals surface area (Å²) in [5, 5.41) is 3.60. The average molecular weight is 834 g/mol. The first kappa shape index (κ1) is 37.2. The first-order valence-electron chi connectivity index (χ1n) is 22.4. The molecule has 0 radical (unpaired) electrons. The van der Waals surface area contributed by atoms with Gasteiger partial charge in [0.05, 0.1) is 16.6 Å². The SMILES string of the molecule is CC1(C)c2cc(N(c3ccccc3)c3ccccc3)ccc2-c2ccc(-n3c4ccccc4c4c5c6c(nc(-c7ccccc7)n6-c6ccccc6)n(-c6ccccc6)c5ccc43)cc21. The Morgan fingerprint density at radius 3 is 1.57 bits per heavy atom. The van der Waals surface area contributed by atoms with Crippen molar-refractivity contribution in [2.24, 2.45) is 0 Å². The first-order valence-corrected chi connectivity index (χ1v) is 22.4. The number of imidazole rings is 1. The van der Waals surface area contributed by atoms with Crippen LogP contribution < -0.4 is 4.90 Å². The zero-order chi connectivity index (χ0) is 43.2. The van der Waals surface area contributed by atoms with E-state index in [1.54, 1.807) is 0 Å². The molecule has 0 aliphatic heterocycles. The highest BCUT2D eigenvalue weighted by molar-refractivity contribution is 6.28. The van der Waals surface area contributed by atoms with E-state index in [1.807, 2.05) is 0 Å². The van der Waals surface area contributed by atoms with Gasteiger partial charge in [0, 0.05) is 61.3 Å². The van der Waals surface area contributed by atoms with Gasteiger partial charge >= 0.3 is 0 Å². The number of hydrogen-bond donors (Lipinski definition) is 0. The van der Waals surface area contributed by atoms with Crippen LogP contribution in [0.1, 0.15) is 25.0 Å². The minimum Gasteiger partial charge on any atom is -0.310 e. The fourth-order valence-electron chi connectivity index (χ4n) is 10.7. The molecule has 3 heterocycles. The van der Waals surface area contributed by atoms with Crippen molar-refractivity contribution in [1.82, 2.24) is 18.7 Å². The van der Waals surface area contributed by atoms with Gasteiger partial charge in [0.15, 0.2) is 5.65 Å². The lowest BCUT2D eigenvalue weighted by molar-refractivity contribution is 0.660. The Hall–Kier alpha value is -8.41. The van der Waals surface area contributed by atoms with E-state index < -0.39 is 0 Å². The smallest absolute Gasteiger partial charge is 0.165 e. The quantitative estimate of drug-likeness (QED) is 0.160. The summed E-state index contributed by atoms with van der Waals surface area (Å²) in [7, 11) is 0. The summed E-state index contributed by atoms with van der Waals surface area (Å²) in [6.45, 7) is 4.77. The van der Waals surface area contributed by atoms with Gasteiger partial charge in [-0.15, -0.1) is 0 Å². The zero-order valence-electron chi connectivity index (χ0n) is 36.1.